The van der Waals surface area contributed by atoms with E-state index in [-0.39, 0.29) is 16.3 Å². The molecule has 1 unspecified atom stereocenters. The molecule has 186 valence electrons. The molecule has 0 aliphatic heterocycles. The molecule has 0 radical (unpaired) electrons. The fourth-order valence-electron chi connectivity index (χ4n) is 3.80. The van der Waals surface area contributed by atoms with Crippen LogP contribution in [0.1, 0.15) is 22.0 Å². The van der Waals surface area contributed by atoms with E-state index in [4.69, 9.17) is 5.73 Å². The van der Waals surface area contributed by atoms with Crippen LogP contribution in [0.5, 0.6) is 0 Å². The number of anilines is 1. The number of nitrogens with two attached hydrogens (primary N) is 1. The van der Waals surface area contributed by atoms with Gasteiger partial charge in [0.05, 0.1) is 28.8 Å². The number of sulfone groups is 1. The van der Waals surface area contributed by atoms with Gasteiger partial charge in [-0.15, -0.1) is 0 Å². The fourth-order valence-corrected chi connectivity index (χ4v) is 4.48. The highest BCUT2D eigenvalue weighted by atomic mass is 32.2. The van der Waals surface area contributed by atoms with Crippen molar-refractivity contribution >= 4 is 21.6 Å². The maximum absolute atomic E-state index is 15.1. The van der Waals surface area contributed by atoms with Crippen molar-refractivity contribution in [1.82, 2.24) is 20.1 Å². The number of nitrogen functional groups attached to an aromatic ring is 1. The third-order valence-corrected chi connectivity index (χ3v) is 6.85. The number of aromatic nitrogens is 3. The number of carbonyl (C=O) groups is 1. The quantitative estimate of drug-likeness (QED) is 0.348. The van der Waals surface area contributed by atoms with E-state index in [1.807, 2.05) is 6.07 Å². The van der Waals surface area contributed by atoms with Crippen LogP contribution >= 0.6 is 0 Å². The van der Waals surface area contributed by atoms with Gasteiger partial charge in [-0.1, -0.05) is 18.2 Å². The molecule has 1 atom stereocenters. The van der Waals surface area contributed by atoms with E-state index in [0.717, 1.165) is 17.5 Å². The average Bonchev–Trinajstić information content (AvgIpc) is 3.28. The van der Waals surface area contributed by atoms with Crippen LogP contribution in [0.4, 0.5) is 10.2 Å². The molecule has 11 heteroatoms. The normalized spacial score (nSPS) is 12.3. The molecule has 9 nitrogen and oxygen atoms in total. The van der Waals surface area contributed by atoms with E-state index in [9.17, 15) is 18.3 Å². The lowest BCUT2D eigenvalue weighted by Crippen LogP contribution is -2.31. The number of aliphatic hydroxyl groups is 1. The molecular formula is C25H24FN5O4S. The van der Waals surface area contributed by atoms with Gasteiger partial charge in [0.25, 0.3) is 5.91 Å². The number of carbonyl (C=O) groups excluding carboxylic acids is 1. The summed E-state index contributed by atoms with van der Waals surface area (Å²) in [4.78, 5) is 17.1. The Morgan fingerprint density at radius 3 is 2.58 bits per heavy atom. The van der Waals surface area contributed by atoms with Crippen LogP contribution in [0.3, 0.4) is 0 Å². The molecular weight excluding hydrogens is 485 g/mol. The third kappa shape index (κ3) is 5.11. The molecule has 0 aliphatic carbocycles. The van der Waals surface area contributed by atoms with Gasteiger partial charge in [0.2, 0.25) is 0 Å². The Bertz CT molecular complexity index is 1550. The van der Waals surface area contributed by atoms with Crippen molar-refractivity contribution in [1.29, 1.82) is 0 Å². The van der Waals surface area contributed by atoms with Crippen molar-refractivity contribution < 1.29 is 22.7 Å². The molecule has 0 saturated carbocycles. The molecule has 2 heterocycles. The van der Waals surface area contributed by atoms with Gasteiger partial charge in [0, 0.05) is 36.8 Å². The summed E-state index contributed by atoms with van der Waals surface area (Å²) in [6.45, 7) is -0.512. The van der Waals surface area contributed by atoms with Crippen LogP contribution in [-0.4, -0.2) is 47.1 Å². The summed E-state index contributed by atoms with van der Waals surface area (Å²) in [5.74, 6) is -1.36. The zero-order valence-electron chi connectivity index (χ0n) is 19.5. The van der Waals surface area contributed by atoms with Crippen molar-refractivity contribution in [2.75, 3.05) is 18.6 Å². The van der Waals surface area contributed by atoms with E-state index in [2.05, 4.69) is 15.4 Å². The second-order valence-corrected chi connectivity index (χ2v) is 10.3. The van der Waals surface area contributed by atoms with Crippen molar-refractivity contribution in [2.45, 2.75) is 10.9 Å². The monoisotopic (exact) mass is 509 g/mol. The van der Waals surface area contributed by atoms with Gasteiger partial charge in [0.15, 0.2) is 9.84 Å². The van der Waals surface area contributed by atoms with E-state index in [0.29, 0.717) is 16.7 Å². The topological polar surface area (TPSA) is 140 Å². The first kappa shape index (κ1) is 25.0. The average molecular weight is 510 g/mol. The standard InChI is InChI=1S/C25H24FN5O4S/c1-31-23(8-9-29-31)17-11-20(24(27)28-13-17)15-6-7-19(21(26)12-15)25(33)30-22(14-32)16-4-3-5-18(10-16)36(2,34)35/h3-13,22,32H,14H2,1-2H3,(H2,27,28)(H,30,33). The number of aryl methyl sites for hydroxylation is 1. The van der Waals surface area contributed by atoms with Gasteiger partial charge < -0.3 is 16.2 Å². The first-order valence-electron chi connectivity index (χ1n) is 10.8. The number of hydrogen-bond acceptors (Lipinski definition) is 7. The summed E-state index contributed by atoms with van der Waals surface area (Å²) in [6.07, 6.45) is 4.31. The van der Waals surface area contributed by atoms with Crippen LogP contribution in [0, 0.1) is 5.82 Å². The van der Waals surface area contributed by atoms with Crippen LogP contribution in [-0.2, 0) is 16.9 Å². The van der Waals surface area contributed by atoms with Crippen molar-refractivity contribution in [3.05, 3.63) is 83.9 Å². The molecule has 2 aromatic carbocycles. The molecule has 36 heavy (non-hydrogen) atoms. The first-order valence-corrected chi connectivity index (χ1v) is 12.7. The summed E-state index contributed by atoms with van der Waals surface area (Å²) in [7, 11) is -1.70. The zero-order valence-corrected chi connectivity index (χ0v) is 20.3. The fraction of sp³-hybridized carbons (Fsp3) is 0.160. The van der Waals surface area contributed by atoms with E-state index in [1.165, 1.54) is 30.3 Å². The van der Waals surface area contributed by atoms with Gasteiger partial charge in [-0.05, 0) is 47.5 Å². The maximum atomic E-state index is 15.1. The highest BCUT2D eigenvalue weighted by molar-refractivity contribution is 7.90. The summed E-state index contributed by atoms with van der Waals surface area (Å²) in [5, 5.41) is 16.5. The van der Waals surface area contributed by atoms with E-state index in [1.54, 1.807) is 42.3 Å². The molecule has 0 spiro atoms. The zero-order chi connectivity index (χ0) is 26.0. The largest absolute Gasteiger partial charge is 0.394 e. The van der Waals surface area contributed by atoms with Gasteiger partial charge >= 0.3 is 0 Å². The molecule has 1 amide bonds. The number of halogens is 1. The molecule has 0 fully saturated rings. The molecule has 2 aromatic heterocycles. The lowest BCUT2D eigenvalue weighted by atomic mass is 10.0. The third-order valence-electron chi connectivity index (χ3n) is 5.74. The van der Waals surface area contributed by atoms with Crippen LogP contribution in [0.2, 0.25) is 0 Å². The Labute approximate surface area is 207 Å². The van der Waals surface area contributed by atoms with Crippen LogP contribution < -0.4 is 11.1 Å². The minimum atomic E-state index is -3.48. The number of pyridine rings is 1. The van der Waals surface area contributed by atoms with Crippen LogP contribution in [0.25, 0.3) is 22.4 Å². The highest BCUT2D eigenvalue weighted by Crippen LogP contribution is 2.30. The molecule has 4 N–H and O–H groups in total. The summed E-state index contributed by atoms with van der Waals surface area (Å²) in [6, 6.07) is 12.6. The van der Waals surface area contributed by atoms with Gasteiger partial charge in [-0.25, -0.2) is 17.8 Å². The molecule has 4 rings (SSSR count). The van der Waals surface area contributed by atoms with Crippen molar-refractivity contribution in [3.63, 3.8) is 0 Å². The molecule has 0 saturated heterocycles. The number of nitrogens with one attached hydrogen (secondary N) is 1. The highest BCUT2D eigenvalue weighted by Gasteiger charge is 2.20. The lowest BCUT2D eigenvalue weighted by molar-refractivity contribution is 0.0912. The SMILES string of the molecule is Cn1nccc1-c1cnc(N)c(-c2ccc(C(=O)NC(CO)c3cccc(S(C)(=O)=O)c3)c(F)c2)c1. The number of nitrogens with zero attached hydrogens (tertiary/aromatic N) is 3. The Kier molecular flexibility index (Phi) is 6.86. The minimum absolute atomic E-state index is 0.0442. The van der Waals surface area contributed by atoms with Crippen LogP contribution in [0.15, 0.2) is 71.9 Å². The predicted octanol–water partition coefficient (Wildman–Crippen LogP) is 2.74. The van der Waals surface area contributed by atoms with Gasteiger partial charge in [0.1, 0.15) is 11.6 Å². The van der Waals surface area contributed by atoms with E-state index < -0.39 is 34.2 Å². The van der Waals surface area contributed by atoms with Gasteiger partial charge in [-0.2, -0.15) is 5.10 Å². The first-order chi connectivity index (χ1) is 17.1. The lowest BCUT2D eigenvalue weighted by Gasteiger charge is -2.18. The second kappa shape index (κ2) is 9.88. The Balaban J connectivity index is 1.60. The predicted molar refractivity (Wildman–Crippen MR) is 133 cm³/mol. The number of amides is 1. The smallest absolute Gasteiger partial charge is 0.254 e. The van der Waals surface area contributed by atoms with Crippen molar-refractivity contribution in [2.24, 2.45) is 7.05 Å². The van der Waals surface area contributed by atoms with E-state index >= 15 is 4.39 Å². The Hall–Kier alpha value is -4.09. The molecule has 0 aliphatic rings. The van der Waals surface area contributed by atoms with Crippen molar-refractivity contribution in [3.8, 4) is 22.4 Å². The number of aliphatic hydroxyl groups excluding tert-OH is 1. The van der Waals surface area contributed by atoms with Gasteiger partial charge in [-0.3, -0.25) is 9.48 Å². The summed E-state index contributed by atoms with van der Waals surface area (Å²) < 4.78 is 40.4. The number of benzene rings is 2. The summed E-state index contributed by atoms with van der Waals surface area (Å²) in [5.41, 5.74) is 8.63. The second-order valence-electron chi connectivity index (χ2n) is 8.24. The number of rotatable bonds is 7. The Morgan fingerprint density at radius 1 is 1.17 bits per heavy atom. The maximum Gasteiger partial charge on any atom is 0.254 e. The Morgan fingerprint density at radius 2 is 1.94 bits per heavy atom. The number of hydrogen-bond donors (Lipinski definition) is 3. The summed E-state index contributed by atoms with van der Waals surface area (Å²) >= 11 is 0. The molecule has 0 bridgehead atoms. The molecule has 4 aromatic rings. The minimum Gasteiger partial charge on any atom is -0.394 e.